The zero-order valence-electron chi connectivity index (χ0n) is 15.9. The van der Waals surface area contributed by atoms with E-state index in [1.54, 1.807) is 6.07 Å². The first-order chi connectivity index (χ1) is 11.4. The van der Waals surface area contributed by atoms with Crippen molar-refractivity contribution in [3.8, 4) is 5.75 Å². The summed E-state index contributed by atoms with van der Waals surface area (Å²) in [6, 6.07) is 12.5. The minimum Gasteiger partial charge on any atom is -0.507 e. The summed E-state index contributed by atoms with van der Waals surface area (Å²) in [5.74, 6) is 1.71. The van der Waals surface area contributed by atoms with Crippen molar-refractivity contribution in [2.45, 2.75) is 66.2 Å². The van der Waals surface area contributed by atoms with Gasteiger partial charge in [-0.1, -0.05) is 84.2 Å². The molecule has 1 saturated carbocycles. The molecule has 24 heavy (non-hydrogen) atoms. The highest BCUT2D eigenvalue weighted by Gasteiger charge is 2.56. The van der Waals surface area contributed by atoms with Crippen LogP contribution in [-0.2, 0) is 0 Å². The summed E-state index contributed by atoms with van der Waals surface area (Å²) in [7, 11) is 0. The normalized spacial score (nSPS) is 25.0. The van der Waals surface area contributed by atoms with Crippen LogP contribution in [0, 0.1) is 16.7 Å². The molecule has 1 fully saturated rings. The van der Waals surface area contributed by atoms with E-state index in [9.17, 15) is 5.11 Å². The van der Waals surface area contributed by atoms with Gasteiger partial charge in [-0.05, 0) is 46.1 Å². The van der Waals surface area contributed by atoms with Gasteiger partial charge in [0.1, 0.15) is 5.75 Å². The summed E-state index contributed by atoms with van der Waals surface area (Å²) >= 11 is 0. The number of phenols is 1. The number of aromatic hydroxyl groups is 1. The molecule has 0 amide bonds. The van der Waals surface area contributed by atoms with Gasteiger partial charge in [0.05, 0.1) is 0 Å². The van der Waals surface area contributed by atoms with Gasteiger partial charge in [-0.3, -0.25) is 0 Å². The van der Waals surface area contributed by atoms with Crippen molar-refractivity contribution in [2.75, 3.05) is 0 Å². The lowest BCUT2D eigenvalue weighted by Gasteiger charge is -2.39. The van der Waals surface area contributed by atoms with Crippen molar-refractivity contribution in [3.63, 3.8) is 0 Å². The first-order valence-electron chi connectivity index (χ1n) is 9.60. The molecule has 1 heteroatoms. The number of hydrogen-bond acceptors (Lipinski definition) is 1. The Morgan fingerprint density at radius 1 is 1.08 bits per heavy atom. The van der Waals surface area contributed by atoms with Crippen LogP contribution < -0.4 is 0 Å². The first-order valence-corrected chi connectivity index (χ1v) is 9.60. The Morgan fingerprint density at radius 3 is 2.29 bits per heavy atom. The van der Waals surface area contributed by atoms with Crippen molar-refractivity contribution >= 4 is 10.8 Å². The van der Waals surface area contributed by atoms with Gasteiger partial charge < -0.3 is 5.11 Å². The van der Waals surface area contributed by atoms with E-state index in [1.165, 1.54) is 36.6 Å². The van der Waals surface area contributed by atoms with Crippen LogP contribution in [0.1, 0.15) is 71.8 Å². The van der Waals surface area contributed by atoms with Crippen molar-refractivity contribution in [1.82, 2.24) is 0 Å². The monoisotopic (exact) mass is 324 g/mol. The molecule has 0 bridgehead atoms. The number of benzene rings is 2. The third-order valence-corrected chi connectivity index (χ3v) is 7.27. The van der Waals surface area contributed by atoms with E-state index in [0.717, 1.165) is 11.3 Å². The Balaban J connectivity index is 2.19. The average Bonchev–Trinajstić information content (AvgIpc) is 3.27. The van der Waals surface area contributed by atoms with Crippen molar-refractivity contribution in [2.24, 2.45) is 16.7 Å². The molecule has 130 valence electrons. The average molecular weight is 325 g/mol. The summed E-state index contributed by atoms with van der Waals surface area (Å²) in [6.07, 6.45) is 4.98. The van der Waals surface area contributed by atoms with Crippen molar-refractivity contribution in [3.05, 3.63) is 42.0 Å². The van der Waals surface area contributed by atoms with E-state index >= 15 is 0 Å². The van der Waals surface area contributed by atoms with E-state index in [1.807, 2.05) is 12.1 Å². The van der Waals surface area contributed by atoms with E-state index < -0.39 is 0 Å². The predicted octanol–water partition coefficient (Wildman–Crippen LogP) is 6.89. The maximum Gasteiger partial charge on any atom is 0.123 e. The summed E-state index contributed by atoms with van der Waals surface area (Å²) in [5, 5.41) is 12.5. The largest absolute Gasteiger partial charge is 0.507 e. The van der Waals surface area contributed by atoms with Crippen LogP contribution in [0.25, 0.3) is 10.8 Å². The fraction of sp³-hybridized carbons (Fsp3) is 0.565. The minimum atomic E-state index is 0.303. The van der Waals surface area contributed by atoms with Gasteiger partial charge in [-0.15, -0.1) is 0 Å². The molecule has 1 N–H and O–H groups in total. The van der Waals surface area contributed by atoms with E-state index in [4.69, 9.17) is 0 Å². The Labute approximate surface area is 147 Å². The summed E-state index contributed by atoms with van der Waals surface area (Å²) in [4.78, 5) is 0. The zero-order chi connectivity index (χ0) is 17.5. The fourth-order valence-electron chi connectivity index (χ4n) is 4.73. The quantitative estimate of drug-likeness (QED) is 0.613. The first kappa shape index (κ1) is 17.3. The Morgan fingerprint density at radius 2 is 1.71 bits per heavy atom. The lowest BCUT2D eigenvalue weighted by molar-refractivity contribution is 0.193. The standard InChI is InChI=1S/C23H32O/c1-6-22(4,7-2)21(19-15-23(19,5)8-3)18-13-9-12-17-16(18)11-10-14-20(17)24/h9-14,19,21,24H,6-8,15H2,1-5H3. The van der Waals surface area contributed by atoms with Crippen LogP contribution >= 0.6 is 0 Å². The summed E-state index contributed by atoms with van der Waals surface area (Å²) in [6.45, 7) is 11.9. The number of fused-ring (bicyclic) bond motifs is 1. The maximum atomic E-state index is 10.3. The zero-order valence-corrected chi connectivity index (χ0v) is 15.9. The molecule has 0 aliphatic heterocycles. The van der Waals surface area contributed by atoms with Gasteiger partial charge >= 0.3 is 0 Å². The highest BCUT2D eigenvalue weighted by molar-refractivity contribution is 5.91. The van der Waals surface area contributed by atoms with Gasteiger partial charge in [0.15, 0.2) is 0 Å². The SMILES string of the molecule is CCC1(C)CC1C(c1cccc2c(O)cccc12)C(C)(CC)CC. The fourth-order valence-corrected chi connectivity index (χ4v) is 4.73. The topological polar surface area (TPSA) is 20.2 Å². The Bertz CT molecular complexity index is 728. The molecule has 1 aliphatic carbocycles. The minimum absolute atomic E-state index is 0.303. The second-order valence-corrected chi connectivity index (χ2v) is 8.38. The third kappa shape index (κ3) is 2.62. The van der Waals surface area contributed by atoms with Crippen LogP contribution in [0.15, 0.2) is 36.4 Å². The number of phenolic OH excluding ortho intramolecular Hbond substituents is 1. The molecule has 3 rings (SSSR count). The molecular formula is C23H32O. The van der Waals surface area contributed by atoms with E-state index in [-0.39, 0.29) is 0 Å². The Kier molecular flexibility index (Phi) is 4.40. The third-order valence-electron chi connectivity index (χ3n) is 7.27. The number of rotatable bonds is 6. The molecule has 1 aliphatic rings. The van der Waals surface area contributed by atoms with Gasteiger partial charge in [-0.25, -0.2) is 0 Å². The van der Waals surface area contributed by atoms with E-state index in [2.05, 4.69) is 52.8 Å². The van der Waals surface area contributed by atoms with Gasteiger partial charge in [0, 0.05) is 5.39 Å². The molecule has 1 nitrogen and oxygen atoms in total. The molecule has 0 aromatic heterocycles. The van der Waals surface area contributed by atoms with Crippen molar-refractivity contribution in [1.29, 1.82) is 0 Å². The maximum absolute atomic E-state index is 10.3. The lowest BCUT2D eigenvalue weighted by atomic mass is 9.65. The summed E-state index contributed by atoms with van der Waals surface area (Å²) in [5.41, 5.74) is 2.23. The second kappa shape index (κ2) is 6.10. The van der Waals surface area contributed by atoms with Crippen molar-refractivity contribution < 1.29 is 5.11 Å². The van der Waals surface area contributed by atoms with Gasteiger partial charge in [-0.2, -0.15) is 0 Å². The van der Waals surface area contributed by atoms with E-state index in [0.29, 0.717) is 22.5 Å². The smallest absolute Gasteiger partial charge is 0.123 e. The molecule has 2 aromatic rings. The highest BCUT2D eigenvalue weighted by atomic mass is 16.3. The van der Waals surface area contributed by atoms with Crippen LogP contribution in [0.5, 0.6) is 5.75 Å². The molecule has 0 radical (unpaired) electrons. The predicted molar refractivity (Wildman–Crippen MR) is 104 cm³/mol. The highest BCUT2D eigenvalue weighted by Crippen LogP contribution is 2.66. The van der Waals surface area contributed by atoms with Crippen LogP contribution in [0.2, 0.25) is 0 Å². The molecule has 0 heterocycles. The molecule has 3 atom stereocenters. The van der Waals surface area contributed by atoms with Crippen LogP contribution in [0.3, 0.4) is 0 Å². The molecule has 0 saturated heterocycles. The molecule has 2 aromatic carbocycles. The molecular weight excluding hydrogens is 292 g/mol. The number of hydrogen-bond donors (Lipinski definition) is 1. The van der Waals surface area contributed by atoms with Gasteiger partial charge in [0.25, 0.3) is 0 Å². The van der Waals surface area contributed by atoms with Crippen LogP contribution in [-0.4, -0.2) is 5.11 Å². The summed E-state index contributed by atoms with van der Waals surface area (Å²) < 4.78 is 0. The Hall–Kier alpha value is -1.50. The second-order valence-electron chi connectivity index (χ2n) is 8.38. The molecule has 0 spiro atoms. The van der Waals surface area contributed by atoms with Crippen LogP contribution in [0.4, 0.5) is 0 Å². The lowest BCUT2D eigenvalue weighted by Crippen LogP contribution is -2.28. The molecule has 3 unspecified atom stereocenters. The van der Waals surface area contributed by atoms with Gasteiger partial charge in [0.2, 0.25) is 0 Å².